The minimum atomic E-state index is -2.25. The summed E-state index contributed by atoms with van der Waals surface area (Å²) in [5, 5.41) is 3.14. The molecule has 0 atom stereocenters. The molecule has 0 aliphatic carbocycles. The molecule has 0 saturated heterocycles. The fraction of sp³-hybridized carbons (Fsp3) is 0.100. The van der Waals surface area contributed by atoms with Crippen molar-refractivity contribution in [3.63, 3.8) is 0 Å². The van der Waals surface area contributed by atoms with Crippen molar-refractivity contribution in [2.75, 3.05) is 18.0 Å². The van der Waals surface area contributed by atoms with E-state index in [4.69, 9.17) is 9.85 Å². The smallest absolute Gasteiger partial charge is 0.0724 e. The Hall–Kier alpha value is -1.77. The van der Waals surface area contributed by atoms with E-state index in [9.17, 15) is 0 Å². The summed E-state index contributed by atoms with van der Waals surface area (Å²) in [5.41, 5.74) is 7.43. The molecule has 0 spiro atoms. The van der Waals surface area contributed by atoms with Crippen LogP contribution in [-0.4, -0.2) is 12.0 Å². The van der Waals surface area contributed by atoms with E-state index < -0.39 is 6.98 Å². The number of nitrogens with zero attached hydrogens (tertiary/aromatic N) is 1. The minimum absolute atomic E-state index is 0.403. The summed E-state index contributed by atoms with van der Waals surface area (Å²) < 4.78 is 21.4. The zero-order valence-electron chi connectivity index (χ0n) is 9.91. The standard InChI is InChI=1S/C10H11N3/c1-12-9-5-4-8-7(10(9)11)3-2-6-13-8/h2-6,12H,11H2,1H3/i1D3. The monoisotopic (exact) mass is 176 g/mol. The number of nitrogens with two attached hydrogens (primary N) is 1. The highest BCUT2D eigenvalue weighted by Crippen LogP contribution is 2.26. The van der Waals surface area contributed by atoms with Crippen LogP contribution in [0.3, 0.4) is 0 Å². The lowest BCUT2D eigenvalue weighted by molar-refractivity contribution is 1.41. The highest BCUT2D eigenvalue weighted by Gasteiger charge is 2.01. The average molecular weight is 176 g/mol. The summed E-state index contributed by atoms with van der Waals surface area (Å²) in [4.78, 5) is 4.13. The van der Waals surface area contributed by atoms with Crippen molar-refractivity contribution in [3.8, 4) is 0 Å². The Kier molecular flexibility index (Phi) is 1.14. The molecule has 0 aliphatic heterocycles. The molecular formula is C10H11N3. The number of anilines is 2. The second kappa shape index (κ2) is 2.94. The quantitative estimate of drug-likeness (QED) is 0.652. The van der Waals surface area contributed by atoms with Crippen molar-refractivity contribution in [2.45, 2.75) is 0 Å². The van der Waals surface area contributed by atoms with Crippen molar-refractivity contribution < 1.29 is 4.11 Å². The van der Waals surface area contributed by atoms with Gasteiger partial charge >= 0.3 is 0 Å². The molecule has 0 amide bonds. The highest BCUT2D eigenvalue weighted by atomic mass is 14.9. The molecule has 66 valence electrons. The van der Waals surface area contributed by atoms with Crippen LogP contribution in [0.2, 0.25) is 0 Å². The molecule has 3 nitrogen and oxygen atoms in total. The molecule has 2 aromatic rings. The van der Waals surface area contributed by atoms with E-state index >= 15 is 0 Å². The molecule has 0 bridgehead atoms. The number of aromatic nitrogens is 1. The van der Waals surface area contributed by atoms with Gasteiger partial charge in [0, 0.05) is 22.7 Å². The molecule has 1 heterocycles. The Morgan fingerprint density at radius 3 is 3.23 bits per heavy atom. The van der Waals surface area contributed by atoms with Crippen LogP contribution >= 0.6 is 0 Å². The number of nitrogen functional groups attached to an aromatic ring is 1. The topological polar surface area (TPSA) is 50.9 Å². The highest BCUT2D eigenvalue weighted by molar-refractivity contribution is 5.96. The van der Waals surface area contributed by atoms with E-state index in [1.165, 1.54) is 0 Å². The van der Waals surface area contributed by atoms with E-state index in [1.54, 1.807) is 24.4 Å². The van der Waals surface area contributed by atoms with E-state index in [0.717, 1.165) is 10.9 Å². The van der Waals surface area contributed by atoms with Crippen LogP contribution in [0.15, 0.2) is 30.5 Å². The summed E-state index contributed by atoms with van der Waals surface area (Å²) >= 11 is 0. The third-order valence-electron chi connectivity index (χ3n) is 1.96. The fourth-order valence-corrected chi connectivity index (χ4v) is 1.28. The maximum atomic E-state index is 7.13. The van der Waals surface area contributed by atoms with Gasteiger partial charge in [-0.1, -0.05) is 0 Å². The van der Waals surface area contributed by atoms with Gasteiger partial charge in [0.25, 0.3) is 0 Å². The van der Waals surface area contributed by atoms with Crippen LogP contribution in [-0.2, 0) is 0 Å². The molecule has 1 aromatic heterocycles. The summed E-state index contributed by atoms with van der Waals surface area (Å²) in [6, 6.07) is 6.93. The zero-order valence-corrected chi connectivity index (χ0v) is 6.91. The summed E-state index contributed by atoms with van der Waals surface area (Å²) in [6.07, 6.45) is 1.67. The molecule has 0 saturated carbocycles. The van der Waals surface area contributed by atoms with Gasteiger partial charge in [-0.15, -0.1) is 0 Å². The molecule has 1 aromatic carbocycles. The van der Waals surface area contributed by atoms with Crippen LogP contribution < -0.4 is 11.1 Å². The minimum Gasteiger partial charge on any atom is -0.397 e. The predicted octanol–water partition coefficient (Wildman–Crippen LogP) is 1.86. The van der Waals surface area contributed by atoms with Crippen molar-refractivity contribution in [2.24, 2.45) is 0 Å². The molecule has 0 aliphatic rings. The Labute approximate surface area is 80.8 Å². The maximum Gasteiger partial charge on any atom is 0.0724 e. The van der Waals surface area contributed by atoms with Crippen LogP contribution in [0.4, 0.5) is 11.4 Å². The van der Waals surface area contributed by atoms with E-state index in [0.29, 0.717) is 11.4 Å². The third kappa shape index (κ3) is 1.18. The molecule has 0 fully saturated rings. The maximum absolute atomic E-state index is 7.13. The van der Waals surface area contributed by atoms with Gasteiger partial charge in [0.1, 0.15) is 0 Å². The summed E-state index contributed by atoms with van der Waals surface area (Å²) in [5.74, 6) is 0. The number of nitrogens with one attached hydrogen (secondary N) is 1. The first-order chi connectivity index (χ1) is 7.47. The first-order valence-corrected chi connectivity index (χ1v) is 3.89. The molecule has 2 rings (SSSR count). The van der Waals surface area contributed by atoms with E-state index in [1.807, 2.05) is 6.07 Å². The molecule has 3 heteroatoms. The number of hydrogen-bond acceptors (Lipinski definition) is 3. The van der Waals surface area contributed by atoms with Crippen LogP contribution in [0.5, 0.6) is 0 Å². The number of rotatable bonds is 1. The Morgan fingerprint density at radius 1 is 1.46 bits per heavy atom. The number of pyridine rings is 1. The first kappa shape index (κ1) is 5.07. The van der Waals surface area contributed by atoms with E-state index in [2.05, 4.69) is 10.3 Å². The van der Waals surface area contributed by atoms with Gasteiger partial charge in [-0.2, -0.15) is 0 Å². The number of benzene rings is 1. The van der Waals surface area contributed by atoms with E-state index in [-0.39, 0.29) is 0 Å². The second-order valence-electron chi connectivity index (χ2n) is 2.72. The van der Waals surface area contributed by atoms with Gasteiger partial charge in [0.05, 0.1) is 16.9 Å². The number of fused-ring (bicyclic) bond motifs is 1. The predicted molar refractivity (Wildman–Crippen MR) is 55.7 cm³/mol. The Bertz CT molecular complexity index is 522. The van der Waals surface area contributed by atoms with Gasteiger partial charge < -0.3 is 11.1 Å². The zero-order chi connectivity index (χ0) is 11.8. The summed E-state index contributed by atoms with van der Waals surface area (Å²) in [6.45, 7) is -2.25. The Balaban J connectivity index is 2.53. The van der Waals surface area contributed by atoms with Crippen molar-refractivity contribution in [3.05, 3.63) is 30.5 Å². The van der Waals surface area contributed by atoms with Crippen molar-refractivity contribution >= 4 is 22.3 Å². The molecular weight excluding hydrogens is 162 g/mol. The van der Waals surface area contributed by atoms with Gasteiger partial charge in [-0.3, -0.25) is 4.98 Å². The van der Waals surface area contributed by atoms with Crippen LogP contribution in [0, 0.1) is 0 Å². The van der Waals surface area contributed by atoms with Crippen molar-refractivity contribution in [1.29, 1.82) is 0 Å². The largest absolute Gasteiger partial charge is 0.397 e. The lowest BCUT2D eigenvalue weighted by Crippen LogP contribution is -1.96. The number of hydrogen-bond donors (Lipinski definition) is 2. The normalized spacial score (nSPS) is 14.6. The average Bonchev–Trinajstić information content (AvgIpc) is 2.21. The van der Waals surface area contributed by atoms with Gasteiger partial charge in [-0.25, -0.2) is 0 Å². The lowest BCUT2D eigenvalue weighted by Gasteiger charge is -2.06. The molecule has 13 heavy (non-hydrogen) atoms. The van der Waals surface area contributed by atoms with Gasteiger partial charge in [0.2, 0.25) is 0 Å². The van der Waals surface area contributed by atoms with Crippen LogP contribution in [0.1, 0.15) is 4.11 Å². The lowest BCUT2D eigenvalue weighted by atomic mass is 10.1. The first-order valence-electron chi connectivity index (χ1n) is 5.39. The fourth-order valence-electron chi connectivity index (χ4n) is 1.28. The van der Waals surface area contributed by atoms with Gasteiger partial charge in [-0.05, 0) is 24.3 Å². The molecule has 0 radical (unpaired) electrons. The molecule has 3 N–H and O–H groups in total. The van der Waals surface area contributed by atoms with Crippen LogP contribution in [0.25, 0.3) is 10.9 Å². The van der Waals surface area contributed by atoms with Gasteiger partial charge in [0.15, 0.2) is 0 Å². The SMILES string of the molecule is [2H]C([2H])([2H])Nc1ccc2ncccc2c1N. The second-order valence-corrected chi connectivity index (χ2v) is 2.72. The third-order valence-corrected chi connectivity index (χ3v) is 1.96. The summed E-state index contributed by atoms with van der Waals surface area (Å²) in [7, 11) is 0. The van der Waals surface area contributed by atoms with Crippen molar-refractivity contribution in [1.82, 2.24) is 4.98 Å². The Morgan fingerprint density at radius 2 is 2.38 bits per heavy atom. The molecule has 0 unspecified atom stereocenters.